The first kappa shape index (κ1) is 14.1. The zero-order chi connectivity index (χ0) is 14.1. The molecule has 2 aliphatic heterocycles. The molecule has 0 bridgehead atoms. The van der Waals surface area contributed by atoms with E-state index in [2.05, 4.69) is 23.3 Å². The second kappa shape index (κ2) is 5.86. The fourth-order valence-electron chi connectivity index (χ4n) is 3.90. The van der Waals surface area contributed by atoms with Gasteiger partial charge >= 0.3 is 0 Å². The third-order valence-corrected chi connectivity index (χ3v) is 5.00. The van der Waals surface area contributed by atoms with Crippen LogP contribution in [0, 0.1) is 0 Å². The van der Waals surface area contributed by atoms with Crippen LogP contribution in [0.25, 0.3) is 0 Å². The lowest BCUT2D eigenvalue weighted by molar-refractivity contribution is 0.109. The summed E-state index contributed by atoms with van der Waals surface area (Å²) >= 11 is 0. The molecule has 0 saturated carbocycles. The normalized spacial score (nSPS) is 27.8. The van der Waals surface area contributed by atoms with Crippen molar-refractivity contribution in [3.63, 3.8) is 0 Å². The van der Waals surface area contributed by atoms with E-state index in [-0.39, 0.29) is 6.04 Å². The van der Waals surface area contributed by atoms with Gasteiger partial charge in [0.1, 0.15) is 5.82 Å². The van der Waals surface area contributed by atoms with Crippen molar-refractivity contribution in [1.29, 1.82) is 0 Å². The maximum absolute atomic E-state index is 6.20. The van der Waals surface area contributed by atoms with E-state index < -0.39 is 0 Å². The highest BCUT2D eigenvalue weighted by Crippen LogP contribution is 2.27. The van der Waals surface area contributed by atoms with Crippen molar-refractivity contribution < 1.29 is 0 Å². The molecule has 2 aliphatic rings. The molecule has 1 saturated heterocycles. The summed E-state index contributed by atoms with van der Waals surface area (Å²) in [6.07, 6.45) is 9.42. The zero-order valence-corrected chi connectivity index (χ0v) is 12.9. The summed E-state index contributed by atoms with van der Waals surface area (Å²) in [6.45, 7) is 6.98. The molecule has 0 radical (unpaired) electrons. The molecule has 3 heterocycles. The lowest BCUT2D eigenvalue weighted by Gasteiger charge is -2.38. The molecule has 2 unspecified atom stereocenters. The van der Waals surface area contributed by atoms with E-state index in [9.17, 15) is 0 Å². The predicted octanol–water partition coefficient (Wildman–Crippen LogP) is 2.48. The molecular weight excluding hydrogens is 248 g/mol. The average molecular weight is 276 g/mol. The van der Waals surface area contributed by atoms with Crippen molar-refractivity contribution >= 4 is 0 Å². The number of hydrogen-bond acceptors (Lipinski definition) is 3. The van der Waals surface area contributed by atoms with E-state index in [1.165, 1.54) is 43.7 Å². The van der Waals surface area contributed by atoms with Crippen molar-refractivity contribution in [2.45, 2.75) is 77.0 Å². The maximum Gasteiger partial charge on any atom is 0.110 e. The largest absolute Gasteiger partial charge is 0.331 e. The predicted molar refractivity (Wildman–Crippen MR) is 81.6 cm³/mol. The van der Waals surface area contributed by atoms with E-state index in [0.29, 0.717) is 12.1 Å². The van der Waals surface area contributed by atoms with Crippen molar-refractivity contribution in [3.8, 4) is 0 Å². The summed E-state index contributed by atoms with van der Waals surface area (Å²) in [6, 6.07) is 1.49. The summed E-state index contributed by atoms with van der Waals surface area (Å²) in [7, 11) is 0. The number of fused-ring (bicyclic) bond motifs is 1. The first-order chi connectivity index (χ1) is 9.66. The number of aromatic nitrogens is 2. The molecule has 1 aromatic heterocycles. The number of imidazole rings is 1. The molecule has 4 heteroatoms. The maximum atomic E-state index is 6.20. The molecule has 0 spiro atoms. The van der Waals surface area contributed by atoms with E-state index in [1.807, 2.05) is 6.20 Å². The second-order valence-electron chi connectivity index (χ2n) is 6.68. The summed E-state index contributed by atoms with van der Waals surface area (Å²) < 4.78 is 2.39. The Morgan fingerprint density at radius 1 is 1.25 bits per heavy atom. The van der Waals surface area contributed by atoms with Gasteiger partial charge in [-0.25, -0.2) is 4.98 Å². The molecule has 20 heavy (non-hydrogen) atoms. The molecular formula is C16H28N4. The molecule has 112 valence electrons. The topological polar surface area (TPSA) is 47.1 Å². The van der Waals surface area contributed by atoms with Crippen LogP contribution in [0.15, 0.2) is 6.20 Å². The highest BCUT2D eigenvalue weighted by Gasteiger charge is 2.27. The minimum atomic E-state index is 0.192. The summed E-state index contributed by atoms with van der Waals surface area (Å²) in [4.78, 5) is 7.35. The lowest BCUT2D eigenvalue weighted by atomic mass is 9.97. The minimum absolute atomic E-state index is 0.192. The van der Waals surface area contributed by atoms with Crippen LogP contribution in [0.5, 0.6) is 0 Å². The highest BCUT2D eigenvalue weighted by molar-refractivity contribution is 5.13. The van der Waals surface area contributed by atoms with E-state index in [1.54, 1.807) is 0 Å². The second-order valence-corrected chi connectivity index (χ2v) is 6.68. The number of rotatable bonds is 3. The van der Waals surface area contributed by atoms with Crippen LogP contribution < -0.4 is 5.73 Å². The molecule has 0 amide bonds. The lowest BCUT2D eigenvalue weighted by Crippen LogP contribution is -2.45. The Bertz CT molecular complexity index is 451. The van der Waals surface area contributed by atoms with Gasteiger partial charge in [0.15, 0.2) is 0 Å². The van der Waals surface area contributed by atoms with Gasteiger partial charge in [0.05, 0.1) is 11.9 Å². The Morgan fingerprint density at radius 2 is 2.10 bits per heavy atom. The number of nitrogens with zero attached hydrogens (tertiary/aromatic N) is 3. The Morgan fingerprint density at radius 3 is 2.90 bits per heavy atom. The highest BCUT2D eigenvalue weighted by atomic mass is 15.2. The van der Waals surface area contributed by atoms with Crippen molar-refractivity contribution in [2.75, 3.05) is 6.54 Å². The van der Waals surface area contributed by atoms with Crippen LogP contribution in [0.2, 0.25) is 0 Å². The van der Waals surface area contributed by atoms with Crippen molar-refractivity contribution in [3.05, 3.63) is 17.7 Å². The van der Waals surface area contributed by atoms with Gasteiger partial charge in [-0.3, -0.25) is 4.90 Å². The van der Waals surface area contributed by atoms with Gasteiger partial charge < -0.3 is 10.3 Å². The first-order valence-corrected chi connectivity index (χ1v) is 8.22. The average Bonchev–Trinajstić information content (AvgIpc) is 2.84. The Kier molecular flexibility index (Phi) is 4.13. The Hall–Kier alpha value is -0.870. The molecule has 1 aromatic rings. The van der Waals surface area contributed by atoms with Crippen LogP contribution in [-0.2, 0) is 13.0 Å². The van der Waals surface area contributed by atoms with Crippen LogP contribution in [0.1, 0.15) is 63.5 Å². The number of piperidine rings is 1. The molecule has 4 nitrogen and oxygen atoms in total. The molecule has 2 atom stereocenters. The standard InChI is InChI=1S/C16H28N4/c1-12(2)19-8-4-3-6-13(19)10-16-18-11-15-14(17)7-5-9-20(15)16/h11-14H,3-10,17H2,1-2H3. The summed E-state index contributed by atoms with van der Waals surface area (Å²) in [5, 5.41) is 0. The summed E-state index contributed by atoms with van der Waals surface area (Å²) in [5.74, 6) is 1.26. The summed E-state index contributed by atoms with van der Waals surface area (Å²) in [5.41, 5.74) is 7.45. The molecule has 2 N–H and O–H groups in total. The van der Waals surface area contributed by atoms with Crippen molar-refractivity contribution in [2.24, 2.45) is 5.73 Å². The molecule has 0 aromatic carbocycles. The van der Waals surface area contributed by atoms with Gasteiger partial charge in [0, 0.05) is 31.1 Å². The third-order valence-electron chi connectivity index (χ3n) is 5.00. The van der Waals surface area contributed by atoms with Crippen LogP contribution in [0.4, 0.5) is 0 Å². The quantitative estimate of drug-likeness (QED) is 0.922. The van der Waals surface area contributed by atoms with Gasteiger partial charge in [-0.2, -0.15) is 0 Å². The zero-order valence-electron chi connectivity index (χ0n) is 12.9. The van der Waals surface area contributed by atoms with Crippen LogP contribution in [-0.4, -0.2) is 33.1 Å². The van der Waals surface area contributed by atoms with E-state index in [4.69, 9.17) is 10.7 Å². The number of nitrogens with two attached hydrogens (primary N) is 1. The van der Waals surface area contributed by atoms with Crippen LogP contribution in [0.3, 0.4) is 0 Å². The van der Waals surface area contributed by atoms with Gasteiger partial charge in [-0.1, -0.05) is 6.42 Å². The number of hydrogen-bond donors (Lipinski definition) is 1. The fraction of sp³-hybridized carbons (Fsp3) is 0.812. The third kappa shape index (κ3) is 2.63. The van der Waals surface area contributed by atoms with Crippen LogP contribution >= 0.6 is 0 Å². The van der Waals surface area contributed by atoms with E-state index in [0.717, 1.165) is 19.4 Å². The molecule has 3 rings (SSSR count). The Labute approximate surface area is 122 Å². The minimum Gasteiger partial charge on any atom is -0.331 e. The molecule has 0 aliphatic carbocycles. The van der Waals surface area contributed by atoms with Crippen molar-refractivity contribution in [1.82, 2.24) is 14.5 Å². The van der Waals surface area contributed by atoms with Gasteiger partial charge in [0.25, 0.3) is 0 Å². The number of likely N-dealkylation sites (tertiary alicyclic amines) is 1. The first-order valence-electron chi connectivity index (χ1n) is 8.22. The van der Waals surface area contributed by atoms with Gasteiger partial charge in [0.2, 0.25) is 0 Å². The van der Waals surface area contributed by atoms with Gasteiger partial charge in [-0.15, -0.1) is 0 Å². The Balaban J connectivity index is 1.77. The van der Waals surface area contributed by atoms with E-state index >= 15 is 0 Å². The fourth-order valence-corrected chi connectivity index (χ4v) is 3.90. The smallest absolute Gasteiger partial charge is 0.110 e. The monoisotopic (exact) mass is 276 g/mol. The molecule has 1 fully saturated rings. The SMILES string of the molecule is CC(C)N1CCCCC1Cc1ncc2n1CCCC2N. The van der Waals surface area contributed by atoms with Gasteiger partial charge in [-0.05, 0) is 46.1 Å².